The second-order valence-corrected chi connectivity index (χ2v) is 12.9. The van der Waals surface area contributed by atoms with E-state index in [2.05, 4.69) is 17.2 Å². The highest BCUT2D eigenvalue weighted by molar-refractivity contribution is 5.89. The summed E-state index contributed by atoms with van der Waals surface area (Å²) >= 11 is 0. The number of phenolic OH excluding ortho intramolecular Hbond substituents is 1. The topological polar surface area (TPSA) is 136 Å². The molecule has 5 N–H and O–H groups in total. The van der Waals surface area contributed by atoms with Crippen molar-refractivity contribution in [3.63, 3.8) is 0 Å². The number of ether oxygens (including phenoxy) is 1. The Hall–Kier alpha value is -2.44. The van der Waals surface area contributed by atoms with E-state index in [0.717, 1.165) is 44.2 Å². The number of carbonyl (C=O) groups excluding carboxylic acids is 2. The molecule has 0 aromatic heterocycles. The van der Waals surface area contributed by atoms with E-state index < -0.39 is 30.1 Å². The third-order valence-electron chi connectivity index (χ3n) is 10.3. The number of benzene rings is 1. The molecule has 1 aliphatic heterocycles. The largest absolute Gasteiger partial charge is 0.504 e. The van der Waals surface area contributed by atoms with E-state index in [1.807, 2.05) is 0 Å². The lowest BCUT2D eigenvalue weighted by molar-refractivity contribution is -0.134. The standard InChI is InChI=1S/C33H45NO7/c1-41-30-15-22-5-7-31(39)33(11-9-23(14-26(37)19-35)27(22)17-29(30)38)10-8-20(13-32(33)40)2-3-21-12-24-4-6-25(36)16-28(24)34-18-21/h15,17,20-21,23-24,26,28,32,34-35,37-38,40H,2-8,10,12-14,16,18-19H2,1H3. The second kappa shape index (κ2) is 12.8. The average Bonchev–Trinajstić information content (AvgIpc) is 3.02. The molecule has 4 aliphatic rings. The zero-order valence-electron chi connectivity index (χ0n) is 24.1. The van der Waals surface area contributed by atoms with Gasteiger partial charge in [0.15, 0.2) is 17.3 Å². The van der Waals surface area contributed by atoms with E-state index in [-0.39, 0.29) is 24.4 Å². The SMILES string of the molecule is COc1cc2c(cc1O)C(CC(O)CO)C#CC1(CCC(CCC3CNC4CC(=O)CCC4C3)CC1O)C(=O)CC2. The molecule has 1 aromatic carbocycles. The Labute approximate surface area is 242 Å². The van der Waals surface area contributed by atoms with Gasteiger partial charge >= 0.3 is 0 Å². The lowest BCUT2D eigenvalue weighted by Crippen LogP contribution is -2.49. The molecule has 8 atom stereocenters. The summed E-state index contributed by atoms with van der Waals surface area (Å²) in [5, 5.41) is 45.4. The Balaban J connectivity index is 1.28. The second-order valence-electron chi connectivity index (χ2n) is 12.9. The number of rotatable bonds is 7. The van der Waals surface area contributed by atoms with E-state index in [1.165, 1.54) is 7.11 Å². The number of aliphatic hydroxyl groups is 3. The average molecular weight is 568 g/mol. The van der Waals surface area contributed by atoms with Gasteiger partial charge in [0.25, 0.3) is 0 Å². The molecule has 0 bridgehead atoms. The molecule has 1 saturated heterocycles. The van der Waals surface area contributed by atoms with Gasteiger partial charge in [0.2, 0.25) is 0 Å². The number of Topliss-reactive ketones (excluding diaryl/α,β-unsaturated/α-hetero) is 2. The van der Waals surface area contributed by atoms with Crippen LogP contribution in [0.1, 0.15) is 87.7 Å². The number of phenols is 1. The third kappa shape index (κ3) is 6.49. The van der Waals surface area contributed by atoms with Crippen molar-refractivity contribution in [1.82, 2.24) is 5.32 Å². The van der Waals surface area contributed by atoms with Crippen LogP contribution in [0.15, 0.2) is 12.1 Å². The Morgan fingerprint density at radius 2 is 1.93 bits per heavy atom. The molecule has 2 saturated carbocycles. The van der Waals surface area contributed by atoms with Crippen LogP contribution in [0.4, 0.5) is 0 Å². The fraction of sp³-hybridized carbons (Fsp3) is 0.697. The molecule has 41 heavy (non-hydrogen) atoms. The normalized spacial score (nSPS) is 34.3. The van der Waals surface area contributed by atoms with E-state index >= 15 is 0 Å². The quantitative estimate of drug-likeness (QED) is 0.317. The summed E-state index contributed by atoms with van der Waals surface area (Å²) in [7, 11) is 1.47. The zero-order valence-corrected chi connectivity index (χ0v) is 24.1. The number of hydrogen-bond acceptors (Lipinski definition) is 8. The monoisotopic (exact) mass is 567 g/mol. The van der Waals surface area contributed by atoms with E-state index in [0.29, 0.717) is 73.0 Å². The molecule has 5 rings (SSSR count). The highest BCUT2D eigenvalue weighted by atomic mass is 16.5. The minimum Gasteiger partial charge on any atom is -0.504 e. The van der Waals surface area contributed by atoms with Crippen LogP contribution in [0.2, 0.25) is 0 Å². The molecule has 8 heteroatoms. The lowest BCUT2D eigenvalue weighted by Gasteiger charge is -2.42. The number of aromatic hydroxyl groups is 1. The first kappa shape index (κ1) is 30.0. The van der Waals surface area contributed by atoms with Gasteiger partial charge in [0.1, 0.15) is 11.2 Å². The van der Waals surface area contributed by atoms with E-state index in [9.17, 15) is 30.0 Å². The van der Waals surface area contributed by atoms with Gasteiger partial charge in [-0.1, -0.05) is 18.3 Å². The summed E-state index contributed by atoms with van der Waals surface area (Å²) in [6, 6.07) is 3.65. The summed E-state index contributed by atoms with van der Waals surface area (Å²) in [4.78, 5) is 25.5. The van der Waals surface area contributed by atoms with Crippen molar-refractivity contribution in [3.05, 3.63) is 23.3 Å². The van der Waals surface area contributed by atoms with Crippen LogP contribution in [-0.4, -0.2) is 70.5 Å². The maximum absolute atomic E-state index is 13.7. The van der Waals surface area contributed by atoms with Crippen molar-refractivity contribution in [2.45, 2.75) is 101 Å². The summed E-state index contributed by atoms with van der Waals surface area (Å²) in [5.41, 5.74) is 0.367. The number of fused-ring (bicyclic) bond motifs is 2. The highest BCUT2D eigenvalue weighted by Gasteiger charge is 2.47. The minimum absolute atomic E-state index is 0.0435. The van der Waals surface area contributed by atoms with Crippen LogP contribution >= 0.6 is 0 Å². The van der Waals surface area contributed by atoms with Crippen LogP contribution < -0.4 is 10.1 Å². The molecule has 8 unspecified atom stereocenters. The molecule has 1 heterocycles. The predicted octanol–water partition coefficient (Wildman–Crippen LogP) is 3.02. The summed E-state index contributed by atoms with van der Waals surface area (Å²) in [6.45, 7) is 0.527. The molecular formula is C33H45NO7. The highest BCUT2D eigenvalue weighted by Crippen LogP contribution is 2.45. The zero-order chi connectivity index (χ0) is 29.1. The molecule has 1 spiro atoms. The number of aryl methyl sites for hydroxylation is 1. The smallest absolute Gasteiger partial charge is 0.160 e. The van der Waals surface area contributed by atoms with Gasteiger partial charge in [0.05, 0.1) is 25.9 Å². The van der Waals surface area contributed by atoms with Gasteiger partial charge < -0.3 is 30.5 Å². The summed E-state index contributed by atoms with van der Waals surface area (Å²) in [6.07, 6.45) is 6.37. The molecular weight excluding hydrogens is 522 g/mol. The molecule has 224 valence electrons. The Kier molecular flexibility index (Phi) is 9.40. The van der Waals surface area contributed by atoms with Crippen molar-refractivity contribution >= 4 is 11.6 Å². The first-order valence-electron chi connectivity index (χ1n) is 15.4. The van der Waals surface area contributed by atoms with Crippen molar-refractivity contribution < 1.29 is 34.8 Å². The molecule has 0 radical (unpaired) electrons. The number of hydrogen-bond donors (Lipinski definition) is 5. The predicted molar refractivity (Wildman–Crippen MR) is 153 cm³/mol. The Morgan fingerprint density at radius 3 is 2.68 bits per heavy atom. The van der Waals surface area contributed by atoms with E-state index in [4.69, 9.17) is 4.74 Å². The van der Waals surface area contributed by atoms with Crippen molar-refractivity contribution in [2.24, 2.45) is 23.2 Å². The number of ketones is 2. The fourth-order valence-corrected chi connectivity index (χ4v) is 7.77. The van der Waals surface area contributed by atoms with Crippen LogP contribution in [0.3, 0.4) is 0 Å². The van der Waals surface area contributed by atoms with Crippen molar-refractivity contribution in [3.8, 4) is 23.3 Å². The van der Waals surface area contributed by atoms with Gasteiger partial charge in [-0.2, -0.15) is 0 Å². The molecule has 3 aliphatic carbocycles. The number of methoxy groups -OCH3 is 1. The number of nitrogens with one attached hydrogen (secondary N) is 1. The van der Waals surface area contributed by atoms with Crippen LogP contribution in [-0.2, 0) is 16.0 Å². The van der Waals surface area contributed by atoms with Gasteiger partial charge in [-0.3, -0.25) is 9.59 Å². The van der Waals surface area contributed by atoms with Crippen LogP contribution in [0, 0.1) is 35.0 Å². The molecule has 3 fully saturated rings. The fourth-order valence-electron chi connectivity index (χ4n) is 7.77. The van der Waals surface area contributed by atoms with Gasteiger partial charge in [-0.05, 0) is 98.9 Å². The van der Waals surface area contributed by atoms with Gasteiger partial charge in [0, 0.05) is 31.2 Å². The van der Waals surface area contributed by atoms with Gasteiger partial charge in [-0.25, -0.2) is 0 Å². The van der Waals surface area contributed by atoms with Crippen molar-refractivity contribution in [2.75, 3.05) is 20.3 Å². The Bertz CT molecular complexity index is 1190. The molecule has 0 amide bonds. The number of aliphatic hydroxyl groups excluding tert-OH is 3. The van der Waals surface area contributed by atoms with Gasteiger partial charge in [-0.15, -0.1) is 0 Å². The maximum atomic E-state index is 13.7. The summed E-state index contributed by atoms with van der Waals surface area (Å²) < 4.78 is 5.30. The Morgan fingerprint density at radius 1 is 1.12 bits per heavy atom. The number of piperidine rings is 1. The maximum Gasteiger partial charge on any atom is 0.160 e. The van der Waals surface area contributed by atoms with Crippen LogP contribution in [0.25, 0.3) is 0 Å². The van der Waals surface area contributed by atoms with Crippen molar-refractivity contribution in [1.29, 1.82) is 0 Å². The molecule has 1 aromatic rings. The summed E-state index contributed by atoms with van der Waals surface area (Å²) in [5.74, 6) is 7.97. The first-order chi connectivity index (χ1) is 19.7. The van der Waals surface area contributed by atoms with E-state index in [1.54, 1.807) is 12.1 Å². The third-order valence-corrected chi connectivity index (χ3v) is 10.3. The minimum atomic E-state index is -1.15. The van der Waals surface area contributed by atoms with Crippen LogP contribution in [0.5, 0.6) is 11.5 Å². The number of carbonyl (C=O) groups is 2. The lowest BCUT2D eigenvalue weighted by atomic mass is 9.64. The first-order valence-corrected chi connectivity index (χ1v) is 15.4. The molecule has 8 nitrogen and oxygen atoms in total.